The SMILES string of the molecule is CC1CCC(Cn2cccc2)CC1. The summed E-state index contributed by atoms with van der Waals surface area (Å²) in [5.41, 5.74) is 0. The van der Waals surface area contributed by atoms with E-state index in [0.717, 1.165) is 11.8 Å². The van der Waals surface area contributed by atoms with E-state index in [1.807, 2.05) is 0 Å². The van der Waals surface area contributed by atoms with E-state index in [1.165, 1.54) is 32.2 Å². The Morgan fingerprint density at radius 2 is 1.69 bits per heavy atom. The Kier molecular flexibility index (Phi) is 2.72. The second kappa shape index (κ2) is 3.99. The van der Waals surface area contributed by atoms with Crippen LogP contribution in [-0.2, 0) is 6.54 Å². The minimum atomic E-state index is 0.934. The molecule has 1 aromatic rings. The highest BCUT2D eigenvalue weighted by Crippen LogP contribution is 2.29. The normalized spacial score (nSPS) is 29.0. The van der Waals surface area contributed by atoms with Crippen LogP contribution >= 0.6 is 0 Å². The Labute approximate surface area is 80.8 Å². The molecule has 1 aromatic heterocycles. The molecule has 0 saturated heterocycles. The van der Waals surface area contributed by atoms with Crippen LogP contribution in [0.2, 0.25) is 0 Å². The van der Waals surface area contributed by atoms with Crippen LogP contribution in [0.4, 0.5) is 0 Å². The fourth-order valence-corrected chi connectivity index (χ4v) is 2.30. The lowest BCUT2D eigenvalue weighted by Crippen LogP contribution is -2.16. The van der Waals surface area contributed by atoms with Crippen LogP contribution in [0, 0.1) is 11.8 Å². The topological polar surface area (TPSA) is 4.93 Å². The molecule has 0 unspecified atom stereocenters. The lowest BCUT2D eigenvalue weighted by molar-refractivity contribution is 0.265. The van der Waals surface area contributed by atoms with E-state index in [2.05, 4.69) is 36.0 Å². The molecule has 0 radical (unpaired) electrons. The molecular weight excluding hydrogens is 158 g/mol. The van der Waals surface area contributed by atoms with Gasteiger partial charge in [0.2, 0.25) is 0 Å². The highest BCUT2D eigenvalue weighted by atomic mass is 14.9. The molecule has 1 aliphatic carbocycles. The monoisotopic (exact) mass is 177 g/mol. The fourth-order valence-electron chi connectivity index (χ4n) is 2.30. The number of hydrogen-bond donors (Lipinski definition) is 0. The van der Waals surface area contributed by atoms with E-state index in [4.69, 9.17) is 0 Å². The summed E-state index contributed by atoms with van der Waals surface area (Å²) in [5, 5.41) is 0. The molecule has 13 heavy (non-hydrogen) atoms. The minimum Gasteiger partial charge on any atom is -0.354 e. The summed E-state index contributed by atoms with van der Waals surface area (Å²) in [6, 6.07) is 4.23. The first-order valence-corrected chi connectivity index (χ1v) is 5.45. The molecule has 0 spiro atoms. The van der Waals surface area contributed by atoms with Gasteiger partial charge in [-0.3, -0.25) is 0 Å². The lowest BCUT2D eigenvalue weighted by atomic mass is 9.83. The standard InChI is InChI=1S/C12H19N/c1-11-4-6-12(7-5-11)10-13-8-2-3-9-13/h2-3,8-9,11-12H,4-7,10H2,1H3. The molecule has 72 valence electrons. The van der Waals surface area contributed by atoms with E-state index in [1.54, 1.807) is 0 Å². The summed E-state index contributed by atoms with van der Waals surface area (Å²) < 4.78 is 2.32. The second-order valence-electron chi connectivity index (χ2n) is 4.51. The van der Waals surface area contributed by atoms with Crippen LogP contribution in [0.5, 0.6) is 0 Å². The zero-order valence-corrected chi connectivity index (χ0v) is 8.45. The largest absolute Gasteiger partial charge is 0.354 e. The maximum atomic E-state index is 2.38. The van der Waals surface area contributed by atoms with Crippen LogP contribution in [0.15, 0.2) is 24.5 Å². The van der Waals surface area contributed by atoms with Crippen LogP contribution < -0.4 is 0 Å². The quantitative estimate of drug-likeness (QED) is 0.653. The van der Waals surface area contributed by atoms with Crippen molar-refractivity contribution in [3.05, 3.63) is 24.5 Å². The first-order chi connectivity index (χ1) is 6.34. The first kappa shape index (κ1) is 8.86. The van der Waals surface area contributed by atoms with Crippen molar-refractivity contribution < 1.29 is 0 Å². The fraction of sp³-hybridized carbons (Fsp3) is 0.667. The molecule has 0 N–H and O–H groups in total. The van der Waals surface area contributed by atoms with Crippen molar-refractivity contribution >= 4 is 0 Å². The van der Waals surface area contributed by atoms with E-state index in [9.17, 15) is 0 Å². The number of rotatable bonds is 2. The van der Waals surface area contributed by atoms with Crippen molar-refractivity contribution in [1.82, 2.24) is 4.57 Å². The smallest absolute Gasteiger partial charge is 0.0247 e. The van der Waals surface area contributed by atoms with Gasteiger partial charge in [0.15, 0.2) is 0 Å². The van der Waals surface area contributed by atoms with Gasteiger partial charge in [0, 0.05) is 18.9 Å². The summed E-state index contributed by atoms with van der Waals surface area (Å²) in [6.07, 6.45) is 10.1. The van der Waals surface area contributed by atoms with Crippen LogP contribution in [0.3, 0.4) is 0 Å². The maximum absolute atomic E-state index is 2.38. The van der Waals surface area contributed by atoms with Crippen LogP contribution in [-0.4, -0.2) is 4.57 Å². The Morgan fingerprint density at radius 1 is 1.08 bits per heavy atom. The Morgan fingerprint density at radius 3 is 2.31 bits per heavy atom. The number of nitrogens with zero attached hydrogens (tertiary/aromatic N) is 1. The average Bonchev–Trinajstić information content (AvgIpc) is 2.62. The first-order valence-electron chi connectivity index (χ1n) is 5.45. The maximum Gasteiger partial charge on any atom is 0.0247 e. The van der Waals surface area contributed by atoms with Gasteiger partial charge in [0.1, 0.15) is 0 Å². The predicted octanol–water partition coefficient (Wildman–Crippen LogP) is 3.31. The van der Waals surface area contributed by atoms with Gasteiger partial charge in [-0.2, -0.15) is 0 Å². The minimum absolute atomic E-state index is 0.934. The van der Waals surface area contributed by atoms with E-state index in [0.29, 0.717) is 0 Å². The lowest BCUT2D eigenvalue weighted by Gasteiger charge is -2.26. The molecule has 1 heterocycles. The van der Waals surface area contributed by atoms with Gasteiger partial charge in [-0.05, 0) is 36.8 Å². The average molecular weight is 177 g/mol. The van der Waals surface area contributed by atoms with Crippen molar-refractivity contribution in [2.45, 2.75) is 39.2 Å². The molecule has 1 fully saturated rings. The number of hydrogen-bond acceptors (Lipinski definition) is 0. The van der Waals surface area contributed by atoms with Gasteiger partial charge >= 0.3 is 0 Å². The van der Waals surface area contributed by atoms with Gasteiger partial charge in [-0.1, -0.05) is 19.8 Å². The molecular formula is C12H19N. The number of aromatic nitrogens is 1. The third-order valence-electron chi connectivity index (χ3n) is 3.27. The van der Waals surface area contributed by atoms with Gasteiger partial charge in [-0.25, -0.2) is 0 Å². The Hall–Kier alpha value is -0.720. The van der Waals surface area contributed by atoms with Gasteiger partial charge in [-0.15, -0.1) is 0 Å². The van der Waals surface area contributed by atoms with Crippen molar-refractivity contribution in [1.29, 1.82) is 0 Å². The summed E-state index contributed by atoms with van der Waals surface area (Å²) >= 11 is 0. The second-order valence-corrected chi connectivity index (χ2v) is 4.51. The molecule has 1 saturated carbocycles. The van der Waals surface area contributed by atoms with Gasteiger partial charge in [0.05, 0.1) is 0 Å². The molecule has 0 bridgehead atoms. The highest BCUT2D eigenvalue weighted by molar-refractivity contribution is 4.90. The summed E-state index contributed by atoms with van der Waals surface area (Å²) in [5.74, 6) is 1.91. The molecule has 1 aliphatic rings. The zero-order valence-electron chi connectivity index (χ0n) is 8.45. The zero-order chi connectivity index (χ0) is 9.10. The Bertz CT molecular complexity index is 230. The molecule has 2 rings (SSSR count). The van der Waals surface area contributed by atoms with Crippen molar-refractivity contribution in [3.8, 4) is 0 Å². The third-order valence-corrected chi connectivity index (χ3v) is 3.27. The summed E-state index contributed by atoms with van der Waals surface area (Å²) in [7, 11) is 0. The summed E-state index contributed by atoms with van der Waals surface area (Å²) in [6.45, 7) is 3.62. The van der Waals surface area contributed by atoms with E-state index in [-0.39, 0.29) is 0 Å². The summed E-state index contributed by atoms with van der Waals surface area (Å²) in [4.78, 5) is 0. The van der Waals surface area contributed by atoms with Crippen molar-refractivity contribution in [3.63, 3.8) is 0 Å². The molecule has 0 amide bonds. The highest BCUT2D eigenvalue weighted by Gasteiger charge is 2.17. The molecule has 0 atom stereocenters. The predicted molar refractivity (Wildman–Crippen MR) is 55.6 cm³/mol. The van der Waals surface area contributed by atoms with E-state index >= 15 is 0 Å². The third kappa shape index (κ3) is 2.36. The molecule has 1 nitrogen and oxygen atoms in total. The van der Waals surface area contributed by atoms with Crippen LogP contribution in [0.1, 0.15) is 32.6 Å². The van der Waals surface area contributed by atoms with Crippen molar-refractivity contribution in [2.75, 3.05) is 0 Å². The van der Waals surface area contributed by atoms with Crippen molar-refractivity contribution in [2.24, 2.45) is 11.8 Å². The molecule has 0 aromatic carbocycles. The Balaban J connectivity index is 1.83. The van der Waals surface area contributed by atoms with Crippen LogP contribution in [0.25, 0.3) is 0 Å². The molecule has 0 aliphatic heterocycles. The molecule has 1 heteroatoms. The van der Waals surface area contributed by atoms with Gasteiger partial charge < -0.3 is 4.57 Å². The van der Waals surface area contributed by atoms with Gasteiger partial charge in [0.25, 0.3) is 0 Å². The van der Waals surface area contributed by atoms with E-state index < -0.39 is 0 Å².